The van der Waals surface area contributed by atoms with E-state index in [-0.39, 0.29) is 10.8 Å². The second-order valence-electron chi connectivity index (χ2n) is 12.6. The van der Waals surface area contributed by atoms with Gasteiger partial charge in [0.25, 0.3) is 0 Å². The molecule has 1 aromatic heterocycles. The Morgan fingerprint density at radius 3 is 1.30 bits per heavy atom. The lowest BCUT2D eigenvalue weighted by Gasteiger charge is -2.27. The van der Waals surface area contributed by atoms with Crippen molar-refractivity contribution in [3.63, 3.8) is 0 Å². The number of hydrogen-bond acceptors (Lipinski definition) is 1. The number of hydrogen-bond donors (Lipinski definition) is 0. The minimum atomic E-state index is 0.185. The lowest BCUT2D eigenvalue weighted by atomic mass is 9.76. The number of aromatic nitrogens is 1. The molecule has 4 aromatic carbocycles. The van der Waals surface area contributed by atoms with Crippen LogP contribution in [0.3, 0.4) is 0 Å². The van der Waals surface area contributed by atoms with Crippen LogP contribution < -0.4 is 0 Å². The van der Waals surface area contributed by atoms with Crippen LogP contribution in [0.5, 0.6) is 0 Å². The van der Waals surface area contributed by atoms with Gasteiger partial charge in [-0.05, 0) is 94.5 Å². The van der Waals surface area contributed by atoms with Crippen molar-refractivity contribution < 1.29 is 0 Å². The Bertz CT molecular complexity index is 1680. The molecular weight excluding hydrogens is 482 g/mol. The minimum absolute atomic E-state index is 0.185. The molecule has 0 aliphatic heterocycles. The predicted octanol–water partition coefficient (Wildman–Crippen LogP) is 10.1. The van der Waals surface area contributed by atoms with E-state index in [0.29, 0.717) is 0 Å². The maximum absolute atomic E-state index is 5.29. The summed E-state index contributed by atoms with van der Waals surface area (Å²) in [6.45, 7) is 0. The number of nitrogens with zero attached hydrogens (tertiary/aromatic N) is 1. The van der Waals surface area contributed by atoms with Gasteiger partial charge in [-0.15, -0.1) is 0 Å². The Morgan fingerprint density at radius 1 is 0.400 bits per heavy atom. The molecule has 4 aliphatic carbocycles. The monoisotopic (exact) mass is 515 g/mol. The summed E-state index contributed by atoms with van der Waals surface area (Å²) in [4.78, 5) is 5.29. The Kier molecular flexibility index (Phi) is 4.72. The van der Waals surface area contributed by atoms with Gasteiger partial charge in [0.05, 0.1) is 11.4 Å². The maximum atomic E-state index is 5.29. The molecule has 2 spiro atoms. The van der Waals surface area contributed by atoms with E-state index in [1.807, 2.05) is 0 Å². The second-order valence-corrected chi connectivity index (χ2v) is 12.6. The van der Waals surface area contributed by atoms with Gasteiger partial charge in [0.1, 0.15) is 0 Å². The molecule has 40 heavy (non-hydrogen) atoms. The summed E-state index contributed by atoms with van der Waals surface area (Å²) in [7, 11) is 0. The molecule has 4 aliphatic rings. The minimum Gasteiger partial charge on any atom is -0.248 e. The lowest BCUT2D eigenvalue weighted by Crippen LogP contribution is -2.20. The van der Waals surface area contributed by atoms with Crippen LogP contribution in [0.4, 0.5) is 0 Å². The van der Waals surface area contributed by atoms with E-state index in [1.165, 1.54) is 95.9 Å². The number of fused-ring (bicyclic) bond motifs is 10. The molecule has 0 atom stereocenters. The van der Waals surface area contributed by atoms with Gasteiger partial charge in [0.2, 0.25) is 0 Å². The normalized spacial score (nSPS) is 18.6. The van der Waals surface area contributed by atoms with E-state index in [1.54, 1.807) is 11.1 Å². The van der Waals surface area contributed by atoms with Crippen LogP contribution in [-0.2, 0) is 10.8 Å². The fraction of sp³-hybridized carbons (Fsp3) is 0.256. The molecule has 0 saturated heterocycles. The second kappa shape index (κ2) is 8.27. The average Bonchev–Trinajstić information content (AvgIpc) is 3.81. The highest BCUT2D eigenvalue weighted by molar-refractivity contribution is 5.85. The zero-order valence-electron chi connectivity index (χ0n) is 22.9. The third kappa shape index (κ3) is 2.96. The summed E-state index contributed by atoms with van der Waals surface area (Å²) in [5, 5.41) is 0. The summed E-state index contributed by atoms with van der Waals surface area (Å²) in [6.07, 6.45) is 10.3. The highest BCUT2D eigenvalue weighted by Gasteiger charge is 2.46. The first-order chi connectivity index (χ1) is 19.8. The van der Waals surface area contributed by atoms with Gasteiger partial charge >= 0.3 is 0 Å². The summed E-state index contributed by atoms with van der Waals surface area (Å²) in [5.74, 6) is 0. The van der Waals surface area contributed by atoms with Crippen LogP contribution in [0.25, 0.3) is 44.8 Å². The zero-order chi connectivity index (χ0) is 26.3. The van der Waals surface area contributed by atoms with Crippen LogP contribution >= 0.6 is 0 Å². The molecule has 0 N–H and O–H groups in total. The van der Waals surface area contributed by atoms with Crippen LogP contribution in [0.1, 0.15) is 73.6 Å². The Hall–Kier alpha value is -3.97. The van der Waals surface area contributed by atoms with E-state index in [2.05, 4.69) is 103 Å². The fourth-order valence-corrected chi connectivity index (χ4v) is 9.02. The summed E-state index contributed by atoms with van der Waals surface area (Å²) < 4.78 is 0. The van der Waals surface area contributed by atoms with Crippen molar-refractivity contribution in [1.29, 1.82) is 0 Å². The van der Waals surface area contributed by atoms with Gasteiger partial charge in [0, 0.05) is 22.0 Å². The molecule has 1 nitrogen and oxygen atoms in total. The van der Waals surface area contributed by atoms with Crippen molar-refractivity contribution in [2.24, 2.45) is 0 Å². The van der Waals surface area contributed by atoms with Crippen LogP contribution in [0.15, 0.2) is 103 Å². The van der Waals surface area contributed by atoms with Crippen molar-refractivity contribution in [1.82, 2.24) is 4.98 Å². The molecule has 0 bridgehead atoms. The number of benzene rings is 4. The summed E-state index contributed by atoms with van der Waals surface area (Å²) in [5.41, 5.74) is 16.9. The van der Waals surface area contributed by atoms with Gasteiger partial charge in [-0.2, -0.15) is 0 Å². The van der Waals surface area contributed by atoms with E-state index >= 15 is 0 Å². The van der Waals surface area contributed by atoms with Gasteiger partial charge < -0.3 is 0 Å². The molecule has 2 saturated carbocycles. The van der Waals surface area contributed by atoms with Crippen LogP contribution in [0.2, 0.25) is 0 Å². The lowest BCUT2D eigenvalue weighted by molar-refractivity contribution is 0.550. The Morgan fingerprint density at radius 2 is 0.825 bits per heavy atom. The Balaban J connectivity index is 1.14. The molecule has 0 radical (unpaired) electrons. The first kappa shape index (κ1) is 22.8. The van der Waals surface area contributed by atoms with Crippen molar-refractivity contribution in [2.75, 3.05) is 0 Å². The smallest absolute Gasteiger partial charge is 0.0709 e. The van der Waals surface area contributed by atoms with Gasteiger partial charge in [-0.1, -0.05) is 105 Å². The SMILES string of the molecule is c1cc(-c2ccc3c(c2)C2(CCCC2)c2ccccc2-3)nc(-c2ccc3c(c2)C2(CCCC2)c2ccccc2-3)c1. The largest absolute Gasteiger partial charge is 0.248 e. The van der Waals surface area contributed by atoms with Crippen LogP contribution in [0, 0.1) is 0 Å². The standard InChI is InChI=1S/C39H33N/c1-3-12-32-28(10-1)30-18-16-26(24-34(30)38(32)20-5-6-21-38)36-14-9-15-37(40-36)27-17-19-31-29-11-2-4-13-33(29)39(35(31)25-27)22-7-8-23-39/h1-4,9-19,24-25H,5-8,20-23H2. The number of pyridine rings is 1. The van der Waals surface area contributed by atoms with Gasteiger partial charge in [-0.3, -0.25) is 0 Å². The van der Waals surface area contributed by atoms with Gasteiger partial charge in [-0.25, -0.2) is 4.98 Å². The molecule has 5 aromatic rings. The van der Waals surface area contributed by atoms with Gasteiger partial charge in [0.15, 0.2) is 0 Å². The third-order valence-electron chi connectivity index (χ3n) is 10.8. The van der Waals surface area contributed by atoms with Crippen molar-refractivity contribution in [3.05, 3.63) is 125 Å². The van der Waals surface area contributed by atoms with Crippen LogP contribution in [-0.4, -0.2) is 4.98 Å². The molecule has 194 valence electrons. The molecule has 1 heteroatoms. The van der Waals surface area contributed by atoms with E-state index in [9.17, 15) is 0 Å². The molecular formula is C39H33N. The highest BCUT2D eigenvalue weighted by Crippen LogP contribution is 2.58. The van der Waals surface area contributed by atoms with Crippen molar-refractivity contribution >= 4 is 0 Å². The molecule has 0 unspecified atom stereocenters. The average molecular weight is 516 g/mol. The quantitative estimate of drug-likeness (QED) is 0.228. The molecule has 2 fully saturated rings. The number of rotatable bonds is 2. The third-order valence-corrected chi connectivity index (χ3v) is 10.8. The van der Waals surface area contributed by atoms with Crippen molar-refractivity contribution in [2.45, 2.75) is 62.2 Å². The maximum Gasteiger partial charge on any atom is 0.0709 e. The molecule has 1 heterocycles. The van der Waals surface area contributed by atoms with E-state index in [0.717, 1.165) is 11.4 Å². The van der Waals surface area contributed by atoms with E-state index < -0.39 is 0 Å². The topological polar surface area (TPSA) is 12.9 Å². The fourth-order valence-electron chi connectivity index (χ4n) is 9.02. The molecule has 0 amide bonds. The zero-order valence-corrected chi connectivity index (χ0v) is 22.9. The predicted molar refractivity (Wildman–Crippen MR) is 164 cm³/mol. The summed E-state index contributed by atoms with van der Waals surface area (Å²) in [6, 6.07) is 39.1. The van der Waals surface area contributed by atoms with Crippen molar-refractivity contribution in [3.8, 4) is 44.8 Å². The first-order valence-corrected chi connectivity index (χ1v) is 15.2. The summed E-state index contributed by atoms with van der Waals surface area (Å²) >= 11 is 0. The first-order valence-electron chi connectivity index (χ1n) is 15.2. The van der Waals surface area contributed by atoms with E-state index in [4.69, 9.17) is 4.98 Å². The molecule has 9 rings (SSSR count). The highest BCUT2D eigenvalue weighted by atomic mass is 14.7. The Labute approximate surface area is 237 Å².